The summed E-state index contributed by atoms with van der Waals surface area (Å²) in [7, 11) is 1.39. The molecule has 1 aromatic carbocycles. The van der Waals surface area contributed by atoms with Gasteiger partial charge in [0.25, 0.3) is 11.8 Å². The molecule has 1 unspecified atom stereocenters. The number of pyridine rings is 2. The first-order chi connectivity index (χ1) is 17.8. The third-order valence-corrected chi connectivity index (χ3v) is 6.60. The second-order valence-corrected chi connectivity index (χ2v) is 9.00. The Morgan fingerprint density at radius 2 is 1.92 bits per heavy atom. The number of carbonyl (C=O) groups is 2. The van der Waals surface area contributed by atoms with Gasteiger partial charge in [0.1, 0.15) is 34.7 Å². The van der Waals surface area contributed by atoms with Gasteiger partial charge in [-0.2, -0.15) is 13.2 Å². The van der Waals surface area contributed by atoms with Crippen molar-refractivity contribution in [1.82, 2.24) is 14.9 Å². The summed E-state index contributed by atoms with van der Waals surface area (Å²) in [6.07, 6.45) is -4.06. The van der Waals surface area contributed by atoms with Crippen LogP contribution in [0.2, 0.25) is 0 Å². The molecule has 3 aromatic rings. The molecule has 0 bridgehead atoms. The standard InChI is InChI=1S/C25H23F5N4O4/c1-4-18(25(28,29)30)31-22(36)15-12-34(17-7-5-13(26)11-16(17)27)21-14(20(15)35)6-8-19(32-21)33-10-9-24(2,38-3)23(33)37/h5-8,11-12,18H,4,9-10H2,1-3H3,(H,31,36)/t18-,24?/m1/s1. The van der Waals surface area contributed by atoms with E-state index < -0.39 is 58.7 Å². The number of fused-ring (bicyclic) bond motifs is 1. The fourth-order valence-electron chi connectivity index (χ4n) is 4.24. The molecule has 2 amide bonds. The van der Waals surface area contributed by atoms with Gasteiger partial charge in [-0.05, 0) is 37.6 Å². The first-order valence-electron chi connectivity index (χ1n) is 11.6. The molecule has 2 atom stereocenters. The van der Waals surface area contributed by atoms with Crippen molar-refractivity contribution in [2.75, 3.05) is 18.6 Å². The summed E-state index contributed by atoms with van der Waals surface area (Å²) in [5, 5.41) is 1.56. The Bertz CT molecular complexity index is 1490. The second kappa shape index (κ2) is 9.78. The molecule has 4 rings (SSSR count). The Hall–Kier alpha value is -3.87. The minimum absolute atomic E-state index is 0.0965. The summed E-state index contributed by atoms with van der Waals surface area (Å²) in [6, 6.07) is 2.87. The molecule has 1 N–H and O–H groups in total. The third-order valence-electron chi connectivity index (χ3n) is 6.60. The lowest BCUT2D eigenvalue weighted by atomic mass is 10.1. The van der Waals surface area contributed by atoms with E-state index in [-0.39, 0.29) is 29.1 Å². The SMILES string of the molecule is CC[C@@H](NC(=O)c1cn(-c2ccc(F)cc2F)c2nc(N3CCC(C)(OC)C3=O)ccc2c1=O)C(F)(F)F. The predicted molar refractivity (Wildman–Crippen MR) is 127 cm³/mol. The number of nitrogens with one attached hydrogen (secondary N) is 1. The van der Waals surface area contributed by atoms with Crippen molar-refractivity contribution in [3.63, 3.8) is 0 Å². The number of ether oxygens (including phenoxy) is 1. The van der Waals surface area contributed by atoms with Crippen LogP contribution < -0.4 is 15.6 Å². The van der Waals surface area contributed by atoms with Gasteiger partial charge < -0.3 is 10.1 Å². The number of halogens is 5. The fourth-order valence-corrected chi connectivity index (χ4v) is 4.24. The predicted octanol–water partition coefficient (Wildman–Crippen LogP) is 3.88. The molecule has 8 nitrogen and oxygen atoms in total. The van der Waals surface area contributed by atoms with Crippen LogP contribution in [0.25, 0.3) is 16.7 Å². The monoisotopic (exact) mass is 538 g/mol. The molecule has 1 aliphatic heterocycles. The molecule has 0 spiro atoms. The summed E-state index contributed by atoms with van der Waals surface area (Å²) in [5.74, 6) is -3.62. The van der Waals surface area contributed by atoms with Crippen LogP contribution in [-0.2, 0) is 9.53 Å². The van der Waals surface area contributed by atoms with E-state index in [9.17, 15) is 36.3 Å². The summed E-state index contributed by atoms with van der Waals surface area (Å²) in [6.45, 7) is 3.05. The normalized spacial score (nSPS) is 18.7. The average molecular weight is 538 g/mol. The van der Waals surface area contributed by atoms with Gasteiger partial charge in [-0.1, -0.05) is 6.92 Å². The van der Waals surface area contributed by atoms with Gasteiger partial charge in [0, 0.05) is 32.3 Å². The fraction of sp³-hybridized carbons (Fsp3) is 0.360. The average Bonchev–Trinajstić information content (AvgIpc) is 3.16. The minimum Gasteiger partial charge on any atom is -0.369 e. The molecule has 1 fully saturated rings. The summed E-state index contributed by atoms with van der Waals surface area (Å²) in [4.78, 5) is 44.6. The molecule has 2 aromatic heterocycles. The number of benzene rings is 1. The van der Waals surface area contributed by atoms with Gasteiger partial charge in [-0.25, -0.2) is 13.8 Å². The topological polar surface area (TPSA) is 93.5 Å². The van der Waals surface area contributed by atoms with Crippen molar-refractivity contribution < 1.29 is 36.3 Å². The third kappa shape index (κ3) is 4.73. The molecular weight excluding hydrogens is 515 g/mol. The highest BCUT2D eigenvalue weighted by molar-refractivity contribution is 6.02. The quantitative estimate of drug-likeness (QED) is 0.481. The highest BCUT2D eigenvalue weighted by Gasteiger charge is 2.44. The number of methoxy groups -OCH3 is 1. The Morgan fingerprint density at radius 1 is 1.21 bits per heavy atom. The molecule has 0 saturated carbocycles. The number of nitrogens with zero attached hydrogens (tertiary/aromatic N) is 3. The number of hydrogen-bond acceptors (Lipinski definition) is 5. The maximum atomic E-state index is 14.8. The summed E-state index contributed by atoms with van der Waals surface area (Å²) >= 11 is 0. The van der Waals surface area contributed by atoms with Crippen LogP contribution in [0, 0.1) is 11.6 Å². The van der Waals surface area contributed by atoms with E-state index >= 15 is 0 Å². The van der Waals surface area contributed by atoms with E-state index in [4.69, 9.17) is 4.74 Å². The minimum atomic E-state index is -4.77. The number of hydrogen-bond donors (Lipinski definition) is 1. The second-order valence-electron chi connectivity index (χ2n) is 9.00. The van der Waals surface area contributed by atoms with E-state index in [1.807, 2.05) is 0 Å². The molecule has 0 radical (unpaired) electrons. The van der Waals surface area contributed by atoms with E-state index in [1.54, 1.807) is 12.2 Å². The zero-order chi connectivity index (χ0) is 28.0. The Balaban J connectivity index is 1.92. The molecule has 3 heterocycles. The van der Waals surface area contributed by atoms with Crippen molar-refractivity contribution in [2.24, 2.45) is 0 Å². The van der Waals surface area contributed by atoms with Gasteiger partial charge in [0.05, 0.1) is 11.1 Å². The van der Waals surface area contributed by atoms with Crippen LogP contribution in [0.5, 0.6) is 0 Å². The van der Waals surface area contributed by atoms with Gasteiger partial charge in [0.15, 0.2) is 5.65 Å². The smallest absolute Gasteiger partial charge is 0.369 e. The largest absolute Gasteiger partial charge is 0.408 e. The van der Waals surface area contributed by atoms with Crippen LogP contribution in [0.4, 0.5) is 27.8 Å². The number of aromatic nitrogens is 2. The van der Waals surface area contributed by atoms with Gasteiger partial charge in [0.2, 0.25) is 5.43 Å². The number of carbonyl (C=O) groups excluding carboxylic acids is 2. The summed E-state index contributed by atoms with van der Waals surface area (Å²) < 4.78 is 74.5. The van der Waals surface area contributed by atoms with Gasteiger partial charge in [-0.3, -0.25) is 23.9 Å². The summed E-state index contributed by atoms with van der Waals surface area (Å²) in [5.41, 5.74) is -3.29. The Labute approximate surface area is 213 Å². The van der Waals surface area contributed by atoms with E-state index in [2.05, 4.69) is 4.98 Å². The highest BCUT2D eigenvalue weighted by Crippen LogP contribution is 2.31. The first-order valence-corrected chi connectivity index (χ1v) is 11.6. The van der Waals surface area contributed by atoms with Crippen molar-refractivity contribution >= 4 is 28.7 Å². The number of amides is 2. The van der Waals surface area contributed by atoms with E-state index in [0.29, 0.717) is 12.5 Å². The molecule has 1 saturated heterocycles. The highest BCUT2D eigenvalue weighted by atomic mass is 19.4. The van der Waals surface area contributed by atoms with Crippen molar-refractivity contribution in [2.45, 2.75) is 44.5 Å². The van der Waals surface area contributed by atoms with Crippen LogP contribution in [0.1, 0.15) is 37.0 Å². The number of rotatable bonds is 6. The maximum absolute atomic E-state index is 14.8. The maximum Gasteiger partial charge on any atom is 0.408 e. The molecule has 13 heteroatoms. The van der Waals surface area contributed by atoms with Crippen LogP contribution in [-0.4, -0.2) is 52.8 Å². The molecule has 1 aliphatic rings. The van der Waals surface area contributed by atoms with Crippen LogP contribution >= 0.6 is 0 Å². The van der Waals surface area contributed by atoms with Gasteiger partial charge >= 0.3 is 6.18 Å². The van der Waals surface area contributed by atoms with Crippen molar-refractivity contribution in [1.29, 1.82) is 0 Å². The van der Waals surface area contributed by atoms with E-state index in [1.165, 1.54) is 31.1 Å². The number of alkyl halides is 3. The van der Waals surface area contributed by atoms with Crippen molar-refractivity contribution in [3.8, 4) is 5.69 Å². The van der Waals surface area contributed by atoms with Crippen molar-refractivity contribution in [3.05, 3.63) is 63.9 Å². The molecule has 202 valence electrons. The molecular formula is C25H23F5N4O4. The Morgan fingerprint density at radius 3 is 2.50 bits per heavy atom. The van der Waals surface area contributed by atoms with Crippen LogP contribution in [0.3, 0.4) is 0 Å². The lowest BCUT2D eigenvalue weighted by molar-refractivity contribution is -0.153. The van der Waals surface area contributed by atoms with E-state index in [0.717, 1.165) is 22.9 Å². The zero-order valence-electron chi connectivity index (χ0n) is 20.5. The van der Waals surface area contributed by atoms with Gasteiger partial charge in [-0.15, -0.1) is 0 Å². The number of anilines is 1. The lowest BCUT2D eigenvalue weighted by Gasteiger charge is -2.22. The molecule has 0 aliphatic carbocycles. The zero-order valence-corrected chi connectivity index (χ0v) is 20.5. The first kappa shape index (κ1) is 27.2. The Kier molecular flexibility index (Phi) is 6.99. The lowest BCUT2D eigenvalue weighted by Crippen LogP contribution is -2.46. The molecule has 38 heavy (non-hydrogen) atoms. The van der Waals surface area contributed by atoms with Crippen LogP contribution in [0.15, 0.2) is 41.3 Å².